The fraction of sp³-hybridized carbons (Fsp3) is 0.895. The first-order valence-electron chi connectivity index (χ1n) is 9.91. The Labute approximate surface area is 153 Å². The molecular weight excluding hydrogens is 316 g/mol. The van der Waals surface area contributed by atoms with Crippen LogP contribution in [0.1, 0.15) is 66.2 Å². The van der Waals surface area contributed by atoms with E-state index >= 15 is 0 Å². The van der Waals surface area contributed by atoms with E-state index < -0.39 is 5.41 Å². The lowest BCUT2D eigenvalue weighted by Gasteiger charge is -2.22. The van der Waals surface area contributed by atoms with E-state index in [1.54, 1.807) is 0 Å². The Bertz CT molecular complexity index is 402. The van der Waals surface area contributed by atoms with Crippen LogP contribution in [0.15, 0.2) is 4.99 Å². The van der Waals surface area contributed by atoms with Crippen molar-refractivity contribution in [2.75, 3.05) is 32.8 Å². The SMILES string of the molecule is CCNC(=O)C(C)(C)CN=C(NCC)NCCOC1CCCCCC1. The molecule has 25 heavy (non-hydrogen) atoms. The molecule has 0 bridgehead atoms. The number of aliphatic imine (C=N–C) groups is 1. The summed E-state index contributed by atoms with van der Waals surface area (Å²) in [5.74, 6) is 0.774. The summed E-state index contributed by atoms with van der Waals surface area (Å²) in [6, 6.07) is 0. The summed E-state index contributed by atoms with van der Waals surface area (Å²) in [6.07, 6.45) is 8.06. The summed E-state index contributed by atoms with van der Waals surface area (Å²) in [5.41, 5.74) is -0.519. The zero-order valence-corrected chi connectivity index (χ0v) is 16.6. The van der Waals surface area contributed by atoms with Gasteiger partial charge in [-0.1, -0.05) is 25.7 Å². The zero-order valence-electron chi connectivity index (χ0n) is 16.6. The highest BCUT2D eigenvalue weighted by atomic mass is 16.5. The van der Waals surface area contributed by atoms with Crippen LogP contribution in [-0.2, 0) is 9.53 Å². The van der Waals surface area contributed by atoms with Crippen LogP contribution in [0, 0.1) is 5.41 Å². The Morgan fingerprint density at radius 2 is 1.68 bits per heavy atom. The van der Waals surface area contributed by atoms with Crippen LogP contribution in [-0.4, -0.2) is 50.8 Å². The predicted molar refractivity (Wildman–Crippen MR) is 104 cm³/mol. The molecule has 0 aromatic rings. The summed E-state index contributed by atoms with van der Waals surface area (Å²) < 4.78 is 6.00. The minimum atomic E-state index is -0.519. The number of hydrogen-bond acceptors (Lipinski definition) is 3. The maximum absolute atomic E-state index is 12.1. The summed E-state index contributed by atoms with van der Waals surface area (Å²) in [6.45, 7) is 11.1. The van der Waals surface area contributed by atoms with Crippen molar-refractivity contribution < 1.29 is 9.53 Å². The molecule has 1 fully saturated rings. The number of nitrogens with zero attached hydrogens (tertiary/aromatic N) is 1. The minimum Gasteiger partial charge on any atom is -0.376 e. The number of guanidine groups is 1. The van der Waals surface area contributed by atoms with Crippen molar-refractivity contribution in [2.24, 2.45) is 10.4 Å². The maximum atomic E-state index is 12.1. The molecule has 1 aliphatic carbocycles. The van der Waals surface area contributed by atoms with E-state index in [0.717, 1.165) is 19.0 Å². The van der Waals surface area contributed by atoms with E-state index in [4.69, 9.17) is 4.74 Å². The highest BCUT2D eigenvalue weighted by Gasteiger charge is 2.26. The van der Waals surface area contributed by atoms with Gasteiger partial charge in [-0.3, -0.25) is 9.79 Å². The Morgan fingerprint density at radius 1 is 1.04 bits per heavy atom. The second-order valence-corrected chi connectivity index (χ2v) is 7.35. The fourth-order valence-electron chi connectivity index (χ4n) is 2.89. The zero-order chi connectivity index (χ0) is 18.5. The van der Waals surface area contributed by atoms with E-state index in [-0.39, 0.29) is 5.91 Å². The van der Waals surface area contributed by atoms with Gasteiger partial charge in [0.15, 0.2) is 5.96 Å². The molecule has 6 nitrogen and oxygen atoms in total. The van der Waals surface area contributed by atoms with Crippen LogP contribution in [0.5, 0.6) is 0 Å². The van der Waals surface area contributed by atoms with Crippen molar-refractivity contribution in [3.05, 3.63) is 0 Å². The van der Waals surface area contributed by atoms with Gasteiger partial charge in [0.25, 0.3) is 0 Å². The second-order valence-electron chi connectivity index (χ2n) is 7.35. The third kappa shape index (κ3) is 9.10. The molecule has 0 saturated heterocycles. The van der Waals surface area contributed by atoms with Crippen molar-refractivity contribution in [1.29, 1.82) is 0 Å². The number of rotatable bonds is 9. The van der Waals surface area contributed by atoms with Gasteiger partial charge in [-0.25, -0.2) is 0 Å². The van der Waals surface area contributed by atoms with Crippen LogP contribution in [0.3, 0.4) is 0 Å². The van der Waals surface area contributed by atoms with Gasteiger partial charge in [-0.05, 0) is 40.5 Å². The van der Waals surface area contributed by atoms with Gasteiger partial charge in [-0.2, -0.15) is 0 Å². The van der Waals surface area contributed by atoms with E-state index in [0.29, 0.717) is 25.8 Å². The van der Waals surface area contributed by atoms with Gasteiger partial charge in [0.2, 0.25) is 5.91 Å². The summed E-state index contributed by atoms with van der Waals surface area (Å²) >= 11 is 0. The highest BCUT2D eigenvalue weighted by molar-refractivity contribution is 5.83. The normalized spacial score (nSPS) is 17.0. The van der Waals surface area contributed by atoms with E-state index in [9.17, 15) is 4.79 Å². The Balaban J connectivity index is 2.38. The number of ether oxygens (including phenoxy) is 1. The lowest BCUT2D eigenvalue weighted by Crippen LogP contribution is -2.42. The molecular formula is C19H38N4O2. The van der Waals surface area contributed by atoms with Crippen LogP contribution in [0.25, 0.3) is 0 Å². The average Bonchev–Trinajstić information content (AvgIpc) is 2.85. The van der Waals surface area contributed by atoms with Crippen LogP contribution in [0.4, 0.5) is 0 Å². The molecule has 0 heterocycles. The van der Waals surface area contributed by atoms with E-state index in [1.165, 1.54) is 38.5 Å². The third-order valence-corrected chi connectivity index (χ3v) is 4.48. The van der Waals surface area contributed by atoms with Gasteiger partial charge in [-0.15, -0.1) is 0 Å². The highest BCUT2D eigenvalue weighted by Crippen LogP contribution is 2.19. The van der Waals surface area contributed by atoms with Crippen LogP contribution in [0.2, 0.25) is 0 Å². The minimum absolute atomic E-state index is 0.0336. The smallest absolute Gasteiger partial charge is 0.227 e. The largest absolute Gasteiger partial charge is 0.376 e. The molecule has 1 rings (SSSR count). The molecule has 1 saturated carbocycles. The van der Waals surface area contributed by atoms with E-state index in [1.807, 2.05) is 27.7 Å². The van der Waals surface area contributed by atoms with Gasteiger partial charge in [0, 0.05) is 19.6 Å². The monoisotopic (exact) mass is 354 g/mol. The number of carbonyl (C=O) groups excluding carboxylic acids is 1. The first kappa shape index (κ1) is 21.7. The molecule has 0 aliphatic heterocycles. The number of carbonyl (C=O) groups is 1. The van der Waals surface area contributed by atoms with E-state index in [2.05, 4.69) is 20.9 Å². The second kappa shape index (κ2) is 12.1. The van der Waals surface area contributed by atoms with Gasteiger partial charge in [0.1, 0.15) is 0 Å². The first-order valence-corrected chi connectivity index (χ1v) is 9.91. The molecule has 0 atom stereocenters. The molecule has 0 aromatic heterocycles. The standard InChI is InChI=1S/C19H38N4O2/c1-5-20-17(24)19(3,4)15-23-18(21-6-2)22-13-14-25-16-11-9-7-8-10-12-16/h16H,5-15H2,1-4H3,(H,20,24)(H2,21,22,23). The average molecular weight is 355 g/mol. The molecule has 6 heteroatoms. The summed E-state index contributed by atoms with van der Waals surface area (Å²) in [4.78, 5) is 16.6. The number of hydrogen-bond donors (Lipinski definition) is 3. The topological polar surface area (TPSA) is 74.8 Å². The summed E-state index contributed by atoms with van der Waals surface area (Å²) in [5, 5.41) is 9.39. The third-order valence-electron chi connectivity index (χ3n) is 4.48. The Morgan fingerprint density at radius 3 is 2.28 bits per heavy atom. The maximum Gasteiger partial charge on any atom is 0.227 e. The first-order chi connectivity index (χ1) is 12.0. The lowest BCUT2D eigenvalue weighted by atomic mass is 9.92. The van der Waals surface area contributed by atoms with Crippen molar-refractivity contribution in [2.45, 2.75) is 72.3 Å². The van der Waals surface area contributed by atoms with Crippen LogP contribution >= 0.6 is 0 Å². The molecule has 0 unspecified atom stereocenters. The predicted octanol–water partition coefficient (Wildman–Crippen LogP) is 2.44. The molecule has 3 N–H and O–H groups in total. The molecule has 0 spiro atoms. The van der Waals surface area contributed by atoms with Crippen molar-refractivity contribution in [1.82, 2.24) is 16.0 Å². The van der Waals surface area contributed by atoms with Crippen molar-refractivity contribution in [3.63, 3.8) is 0 Å². The molecule has 146 valence electrons. The van der Waals surface area contributed by atoms with Gasteiger partial charge < -0.3 is 20.7 Å². The van der Waals surface area contributed by atoms with Crippen LogP contribution < -0.4 is 16.0 Å². The Kier molecular flexibility index (Phi) is 10.5. The van der Waals surface area contributed by atoms with Crippen molar-refractivity contribution >= 4 is 11.9 Å². The Hall–Kier alpha value is -1.30. The molecule has 1 amide bonds. The number of amides is 1. The number of nitrogens with one attached hydrogen (secondary N) is 3. The summed E-state index contributed by atoms with van der Waals surface area (Å²) in [7, 11) is 0. The molecule has 0 radical (unpaired) electrons. The van der Waals surface area contributed by atoms with Crippen molar-refractivity contribution in [3.8, 4) is 0 Å². The fourth-order valence-corrected chi connectivity index (χ4v) is 2.89. The lowest BCUT2D eigenvalue weighted by molar-refractivity contribution is -0.128. The van der Waals surface area contributed by atoms with Gasteiger partial charge in [0.05, 0.1) is 24.7 Å². The van der Waals surface area contributed by atoms with Gasteiger partial charge >= 0.3 is 0 Å². The molecule has 0 aromatic carbocycles. The quantitative estimate of drug-likeness (QED) is 0.257. The molecule has 1 aliphatic rings.